The monoisotopic (exact) mass is 352 g/mol. The van der Waals surface area contributed by atoms with E-state index < -0.39 is 0 Å². The first-order valence-corrected chi connectivity index (χ1v) is 9.32. The van der Waals surface area contributed by atoms with Crippen LogP contribution in [-0.4, -0.2) is 19.5 Å². The second-order valence-electron chi connectivity index (χ2n) is 7.63. The summed E-state index contributed by atoms with van der Waals surface area (Å²) in [4.78, 5) is 12.7. The fourth-order valence-electron chi connectivity index (χ4n) is 4.07. The van der Waals surface area contributed by atoms with Gasteiger partial charge in [0.15, 0.2) is 0 Å². The fourth-order valence-corrected chi connectivity index (χ4v) is 4.07. The minimum absolute atomic E-state index is 0.0629. The predicted molar refractivity (Wildman–Crippen MR) is 104 cm³/mol. The van der Waals surface area contributed by atoms with Gasteiger partial charge in [-0.05, 0) is 54.0 Å². The zero-order chi connectivity index (χ0) is 18.6. The molecule has 1 saturated carbocycles. The Morgan fingerprint density at radius 2 is 1.92 bits per heavy atom. The van der Waals surface area contributed by atoms with Gasteiger partial charge in [-0.1, -0.05) is 43.3 Å². The van der Waals surface area contributed by atoms with Gasteiger partial charge in [-0.15, -0.1) is 0 Å². The lowest BCUT2D eigenvalue weighted by molar-refractivity contribution is -0.119. The third-order valence-electron chi connectivity index (χ3n) is 5.53. The van der Waals surface area contributed by atoms with Gasteiger partial charge in [-0.25, -0.2) is 0 Å². The van der Waals surface area contributed by atoms with Crippen molar-refractivity contribution in [2.75, 3.05) is 13.7 Å². The van der Waals surface area contributed by atoms with Crippen molar-refractivity contribution < 1.29 is 14.3 Å². The maximum Gasteiger partial charge on any atom is 0.140 e. The molecule has 1 aliphatic rings. The van der Waals surface area contributed by atoms with Gasteiger partial charge in [-0.3, -0.25) is 4.79 Å². The molecule has 0 N–H and O–H groups in total. The summed E-state index contributed by atoms with van der Waals surface area (Å²) in [6.45, 7) is 5.56. The summed E-state index contributed by atoms with van der Waals surface area (Å²) >= 11 is 0. The Kier molecular flexibility index (Phi) is 5.77. The zero-order valence-corrected chi connectivity index (χ0v) is 16.0. The molecular formula is C23H28O3. The molecule has 2 aromatic carbocycles. The van der Waals surface area contributed by atoms with Crippen LogP contribution < -0.4 is 4.74 Å². The number of ether oxygens (including phenoxy) is 2. The summed E-state index contributed by atoms with van der Waals surface area (Å²) in [5, 5.41) is 0. The van der Waals surface area contributed by atoms with Gasteiger partial charge >= 0.3 is 0 Å². The smallest absolute Gasteiger partial charge is 0.140 e. The van der Waals surface area contributed by atoms with Crippen molar-refractivity contribution in [1.29, 1.82) is 0 Å². The van der Waals surface area contributed by atoms with E-state index in [1.807, 2.05) is 37.3 Å². The van der Waals surface area contributed by atoms with Gasteiger partial charge in [0.25, 0.3) is 0 Å². The van der Waals surface area contributed by atoms with E-state index in [4.69, 9.17) is 9.47 Å². The summed E-state index contributed by atoms with van der Waals surface area (Å²) in [5.74, 6) is 1.09. The Bertz CT molecular complexity index is 753. The molecule has 1 unspecified atom stereocenters. The first-order chi connectivity index (χ1) is 12.5. The molecule has 3 nitrogen and oxygen atoms in total. The Morgan fingerprint density at radius 3 is 2.65 bits per heavy atom. The van der Waals surface area contributed by atoms with Crippen molar-refractivity contribution in [3.63, 3.8) is 0 Å². The van der Waals surface area contributed by atoms with Crippen molar-refractivity contribution in [2.24, 2.45) is 5.41 Å². The molecule has 0 amide bonds. The highest BCUT2D eigenvalue weighted by Crippen LogP contribution is 2.50. The average molecular weight is 352 g/mol. The summed E-state index contributed by atoms with van der Waals surface area (Å²) in [7, 11) is 1.67. The molecule has 0 heterocycles. The maximum atomic E-state index is 12.7. The topological polar surface area (TPSA) is 35.5 Å². The van der Waals surface area contributed by atoms with Crippen molar-refractivity contribution in [3.8, 4) is 5.75 Å². The molecule has 2 atom stereocenters. The first kappa shape index (κ1) is 18.7. The van der Waals surface area contributed by atoms with Crippen LogP contribution in [0.5, 0.6) is 5.75 Å². The molecule has 0 aromatic heterocycles. The van der Waals surface area contributed by atoms with E-state index in [-0.39, 0.29) is 11.3 Å². The van der Waals surface area contributed by atoms with Gasteiger partial charge in [0, 0.05) is 18.9 Å². The number of ketones is 1. The lowest BCUT2D eigenvalue weighted by Gasteiger charge is -2.31. The minimum Gasteiger partial charge on any atom is -0.497 e. The van der Waals surface area contributed by atoms with Crippen LogP contribution in [0.25, 0.3) is 0 Å². The summed E-state index contributed by atoms with van der Waals surface area (Å²) in [6, 6.07) is 16.3. The molecule has 0 radical (unpaired) electrons. The SMILES string of the molecule is COc1cc(C)cc(C2C(=O)CC[C@@]2(C)CCOCc2ccccc2)c1. The highest BCUT2D eigenvalue weighted by Gasteiger charge is 2.45. The lowest BCUT2D eigenvalue weighted by Crippen LogP contribution is -2.25. The molecule has 2 aromatic rings. The largest absolute Gasteiger partial charge is 0.497 e. The highest BCUT2D eigenvalue weighted by atomic mass is 16.5. The predicted octanol–water partition coefficient (Wildman–Crippen LogP) is 5.06. The van der Waals surface area contributed by atoms with Crippen LogP contribution in [-0.2, 0) is 16.1 Å². The first-order valence-electron chi connectivity index (χ1n) is 9.32. The van der Waals surface area contributed by atoms with E-state index >= 15 is 0 Å². The standard InChI is InChI=1S/C23H28O3/c1-17-13-19(15-20(14-17)25-3)22-21(24)9-10-23(22,2)11-12-26-16-18-7-5-4-6-8-18/h4-8,13-15,22H,9-12,16H2,1-3H3/t22?,23-/m0/s1. The number of carbonyl (C=O) groups excluding carboxylic acids is 1. The number of hydrogen-bond donors (Lipinski definition) is 0. The van der Waals surface area contributed by atoms with E-state index in [2.05, 4.69) is 25.1 Å². The number of rotatable bonds is 7. The molecule has 0 aliphatic heterocycles. The third kappa shape index (κ3) is 4.16. The minimum atomic E-state index is -0.0726. The van der Waals surface area contributed by atoms with E-state index in [1.54, 1.807) is 7.11 Å². The van der Waals surface area contributed by atoms with Crippen LogP contribution in [0.3, 0.4) is 0 Å². The van der Waals surface area contributed by atoms with Gasteiger partial charge in [0.05, 0.1) is 13.7 Å². The van der Waals surface area contributed by atoms with Crippen LogP contribution >= 0.6 is 0 Å². The number of hydrogen-bond acceptors (Lipinski definition) is 3. The molecule has 1 fully saturated rings. The Hall–Kier alpha value is -2.13. The normalized spacial score (nSPS) is 22.6. The molecule has 138 valence electrons. The summed E-state index contributed by atoms with van der Waals surface area (Å²) in [5.41, 5.74) is 3.32. The Labute approximate surface area is 156 Å². The van der Waals surface area contributed by atoms with Crippen molar-refractivity contribution in [1.82, 2.24) is 0 Å². The van der Waals surface area contributed by atoms with Crippen molar-refractivity contribution in [3.05, 3.63) is 65.2 Å². The van der Waals surface area contributed by atoms with Crippen LogP contribution in [0, 0.1) is 12.3 Å². The number of methoxy groups -OCH3 is 1. The fraction of sp³-hybridized carbons (Fsp3) is 0.435. The van der Waals surface area contributed by atoms with Crippen LogP contribution in [0.4, 0.5) is 0 Å². The van der Waals surface area contributed by atoms with E-state index in [0.717, 1.165) is 29.7 Å². The van der Waals surface area contributed by atoms with Gasteiger partial charge < -0.3 is 9.47 Å². The van der Waals surface area contributed by atoms with E-state index in [0.29, 0.717) is 25.4 Å². The molecule has 1 aliphatic carbocycles. The Balaban J connectivity index is 1.68. The molecule has 0 saturated heterocycles. The molecule has 0 spiro atoms. The zero-order valence-electron chi connectivity index (χ0n) is 16.0. The molecule has 26 heavy (non-hydrogen) atoms. The number of aryl methyl sites for hydroxylation is 1. The quantitative estimate of drug-likeness (QED) is 0.653. The van der Waals surface area contributed by atoms with Gasteiger partial charge in [0.2, 0.25) is 0 Å². The third-order valence-corrected chi connectivity index (χ3v) is 5.53. The van der Waals surface area contributed by atoms with Gasteiger partial charge in [0.1, 0.15) is 11.5 Å². The second kappa shape index (κ2) is 8.05. The van der Waals surface area contributed by atoms with E-state index in [9.17, 15) is 4.79 Å². The molecular weight excluding hydrogens is 324 g/mol. The molecule has 3 rings (SSSR count). The average Bonchev–Trinajstić information content (AvgIpc) is 2.94. The molecule has 3 heteroatoms. The van der Waals surface area contributed by atoms with Crippen LogP contribution in [0.1, 0.15) is 48.8 Å². The second-order valence-corrected chi connectivity index (χ2v) is 7.63. The molecule has 0 bridgehead atoms. The number of benzene rings is 2. The maximum absolute atomic E-state index is 12.7. The van der Waals surface area contributed by atoms with Gasteiger partial charge in [-0.2, -0.15) is 0 Å². The van der Waals surface area contributed by atoms with Crippen molar-refractivity contribution in [2.45, 2.75) is 45.6 Å². The van der Waals surface area contributed by atoms with Crippen molar-refractivity contribution >= 4 is 5.78 Å². The highest BCUT2D eigenvalue weighted by molar-refractivity contribution is 5.89. The summed E-state index contributed by atoms with van der Waals surface area (Å²) < 4.78 is 11.3. The Morgan fingerprint density at radius 1 is 1.15 bits per heavy atom. The van der Waals surface area contributed by atoms with Crippen LogP contribution in [0.15, 0.2) is 48.5 Å². The summed E-state index contributed by atoms with van der Waals surface area (Å²) in [6.07, 6.45) is 2.45. The van der Waals surface area contributed by atoms with E-state index in [1.165, 1.54) is 5.56 Å². The number of carbonyl (C=O) groups is 1. The lowest BCUT2D eigenvalue weighted by atomic mass is 9.73. The number of Topliss-reactive ketones (excluding diaryl/α,β-unsaturated/α-hetero) is 1. The van der Waals surface area contributed by atoms with Crippen LogP contribution in [0.2, 0.25) is 0 Å².